The molecule has 4 atom stereocenters. The van der Waals surface area contributed by atoms with E-state index in [-0.39, 0.29) is 29.5 Å². The molecular weight excluding hydrogens is 432 g/mol. The van der Waals surface area contributed by atoms with E-state index in [1.54, 1.807) is 38.1 Å². The van der Waals surface area contributed by atoms with Crippen LogP contribution in [0.5, 0.6) is 0 Å². The van der Waals surface area contributed by atoms with Gasteiger partial charge in [0.2, 0.25) is 10.0 Å². The lowest BCUT2D eigenvalue weighted by Gasteiger charge is -2.28. The van der Waals surface area contributed by atoms with Crippen LogP contribution in [0.25, 0.3) is 0 Å². The fourth-order valence-corrected chi connectivity index (χ4v) is 7.52. The van der Waals surface area contributed by atoms with Crippen LogP contribution in [0.1, 0.15) is 73.1 Å². The minimum Gasteiger partial charge on any atom is -0.344 e. The van der Waals surface area contributed by atoms with Gasteiger partial charge in [0.05, 0.1) is 29.0 Å². The maximum absolute atomic E-state index is 13.1. The number of hydrogen-bond acceptors (Lipinski definition) is 6. The number of carbonyl (C=O) groups is 2. The fourth-order valence-electron chi connectivity index (χ4n) is 5.79. The Kier molecular flexibility index (Phi) is 5.43. The van der Waals surface area contributed by atoms with E-state index < -0.39 is 34.1 Å². The molecule has 2 amide bonds. The largest absolute Gasteiger partial charge is 0.344 e. The van der Waals surface area contributed by atoms with Gasteiger partial charge in [-0.3, -0.25) is 14.5 Å². The van der Waals surface area contributed by atoms with Gasteiger partial charge in [0.1, 0.15) is 6.10 Å². The highest BCUT2D eigenvalue weighted by molar-refractivity contribution is 7.89. The van der Waals surface area contributed by atoms with Gasteiger partial charge in [-0.15, -0.1) is 0 Å². The van der Waals surface area contributed by atoms with E-state index in [2.05, 4.69) is 4.72 Å². The van der Waals surface area contributed by atoms with Gasteiger partial charge in [-0.2, -0.15) is 0 Å². The summed E-state index contributed by atoms with van der Waals surface area (Å²) in [4.78, 5) is 27.4. The van der Waals surface area contributed by atoms with Gasteiger partial charge in [-0.1, -0.05) is 31.4 Å². The van der Waals surface area contributed by atoms with Crippen molar-refractivity contribution in [1.29, 1.82) is 0 Å². The molecule has 0 aromatic heterocycles. The Morgan fingerprint density at radius 2 is 1.59 bits per heavy atom. The first-order valence-electron chi connectivity index (χ1n) is 11.5. The second-order valence-corrected chi connectivity index (χ2v) is 11.7. The summed E-state index contributed by atoms with van der Waals surface area (Å²) < 4.78 is 41.0. The lowest BCUT2D eigenvalue weighted by atomic mass is 9.96. The summed E-state index contributed by atoms with van der Waals surface area (Å²) in [5.74, 6) is -2.11. The Balaban J connectivity index is 1.38. The molecule has 0 radical (unpaired) electrons. The molecule has 9 heteroatoms. The normalized spacial score (nSPS) is 32.4. The number of fused-ring (bicyclic) bond motifs is 2. The second-order valence-electron chi connectivity index (χ2n) is 9.89. The molecule has 3 fully saturated rings. The Hall–Kier alpha value is -1.81. The summed E-state index contributed by atoms with van der Waals surface area (Å²) >= 11 is 0. The summed E-state index contributed by atoms with van der Waals surface area (Å²) in [7, 11) is -3.54. The summed E-state index contributed by atoms with van der Waals surface area (Å²) in [5, 5.41) is 0. The van der Waals surface area contributed by atoms with E-state index in [4.69, 9.17) is 9.47 Å². The zero-order valence-electron chi connectivity index (χ0n) is 18.5. The average molecular weight is 463 g/mol. The van der Waals surface area contributed by atoms with Crippen LogP contribution >= 0.6 is 0 Å². The number of benzene rings is 1. The highest BCUT2D eigenvalue weighted by Crippen LogP contribution is 2.45. The molecular formula is C23H30N2O6S. The molecule has 0 spiro atoms. The number of imide groups is 1. The summed E-state index contributed by atoms with van der Waals surface area (Å²) in [6.45, 7) is 3.55. The predicted octanol–water partition coefficient (Wildman–Crippen LogP) is 2.44. The Morgan fingerprint density at radius 3 is 2.22 bits per heavy atom. The maximum Gasteiger partial charge on any atom is 0.261 e. The summed E-state index contributed by atoms with van der Waals surface area (Å²) in [6, 6.07) is 6.17. The molecule has 2 aliphatic carbocycles. The number of ether oxygens (including phenoxy) is 2. The number of hydrogen-bond donors (Lipinski definition) is 1. The van der Waals surface area contributed by atoms with Crippen molar-refractivity contribution in [2.45, 2.75) is 82.5 Å². The highest BCUT2D eigenvalue weighted by atomic mass is 32.2. The number of nitrogens with zero attached hydrogens (tertiary/aromatic N) is 1. The van der Waals surface area contributed by atoms with E-state index in [1.165, 1.54) is 4.90 Å². The average Bonchev–Trinajstić information content (AvgIpc) is 3.30. The standard InChI is InChI=1S/C23H30N2O6S/c1-23(2)30-19-14(13-32(28,29)24-15-8-4-3-5-9-15)12-18(20(19)31-23)25-21(26)16-10-6-7-11-17(16)22(25)27/h6-7,10-11,14-15,18-20,24H,3-5,8-9,12-13H2,1-2H3/t14-,18-,19-,20+/m1/s1. The van der Waals surface area contributed by atoms with Crippen LogP contribution in [0.15, 0.2) is 24.3 Å². The fraction of sp³-hybridized carbons (Fsp3) is 0.652. The van der Waals surface area contributed by atoms with E-state index in [1.807, 2.05) is 0 Å². The molecule has 1 aromatic carbocycles. The first-order chi connectivity index (χ1) is 15.2. The SMILES string of the molecule is CC1(C)O[C@@H]2[C@@H](CS(=O)(=O)NC3CCCCC3)C[C@@H](N3C(=O)c4ccccc4C3=O)[C@@H]2O1. The van der Waals surface area contributed by atoms with Crippen LogP contribution in [0.4, 0.5) is 0 Å². The van der Waals surface area contributed by atoms with Crippen molar-refractivity contribution in [3.8, 4) is 0 Å². The van der Waals surface area contributed by atoms with Crippen molar-refractivity contribution in [3.63, 3.8) is 0 Å². The molecule has 8 nitrogen and oxygen atoms in total. The molecule has 2 aliphatic heterocycles. The number of nitrogens with one attached hydrogen (secondary N) is 1. The van der Waals surface area contributed by atoms with Crippen molar-refractivity contribution in [2.75, 3.05) is 5.75 Å². The van der Waals surface area contributed by atoms with Crippen LogP contribution in [-0.2, 0) is 19.5 Å². The predicted molar refractivity (Wildman–Crippen MR) is 116 cm³/mol. The third kappa shape index (κ3) is 3.89. The van der Waals surface area contributed by atoms with Crippen molar-refractivity contribution in [2.24, 2.45) is 5.92 Å². The topological polar surface area (TPSA) is 102 Å². The van der Waals surface area contributed by atoms with Crippen molar-refractivity contribution >= 4 is 21.8 Å². The number of rotatable bonds is 5. The minimum atomic E-state index is -3.54. The number of carbonyl (C=O) groups excluding carboxylic acids is 2. The monoisotopic (exact) mass is 462 g/mol. The lowest BCUT2D eigenvalue weighted by molar-refractivity contribution is -0.160. The molecule has 5 rings (SSSR count). The quantitative estimate of drug-likeness (QED) is 0.675. The third-order valence-electron chi connectivity index (χ3n) is 7.09. The van der Waals surface area contributed by atoms with Crippen molar-refractivity contribution in [1.82, 2.24) is 9.62 Å². The maximum atomic E-state index is 13.1. The smallest absolute Gasteiger partial charge is 0.261 e. The Labute approximate surface area is 188 Å². The van der Waals surface area contributed by atoms with Crippen molar-refractivity contribution < 1.29 is 27.5 Å². The van der Waals surface area contributed by atoms with Crippen LogP contribution < -0.4 is 4.72 Å². The lowest BCUT2D eigenvalue weighted by Crippen LogP contribution is -2.46. The minimum absolute atomic E-state index is 0.0184. The summed E-state index contributed by atoms with van der Waals surface area (Å²) in [5.41, 5.74) is 0.754. The molecule has 1 N–H and O–H groups in total. The van der Waals surface area contributed by atoms with Crippen LogP contribution in [0.2, 0.25) is 0 Å². The van der Waals surface area contributed by atoms with Crippen LogP contribution in [0.3, 0.4) is 0 Å². The highest BCUT2D eigenvalue weighted by Gasteiger charge is 2.59. The van der Waals surface area contributed by atoms with Crippen LogP contribution in [0, 0.1) is 5.92 Å². The van der Waals surface area contributed by atoms with E-state index >= 15 is 0 Å². The van der Waals surface area contributed by atoms with E-state index in [0.717, 1.165) is 32.1 Å². The number of sulfonamides is 1. The molecule has 32 heavy (non-hydrogen) atoms. The molecule has 1 aromatic rings. The number of amides is 2. The van der Waals surface area contributed by atoms with Gasteiger partial charge in [0.25, 0.3) is 11.8 Å². The van der Waals surface area contributed by atoms with E-state index in [0.29, 0.717) is 17.5 Å². The van der Waals surface area contributed by atoms with Gasteiger partial charge < -0.3 is 9.47 Å². The van der Waals surface area contributed by atoms with Crippen LogP contribution in [-0.4, -0.2) is 61.0 Å². The van der Waals surface area contributed by atoms with Gasteiger partial charge in [-0.25, -0.2) is 13.1 Å². The van der Waals surface area contributed by atoms with Gasteiger partial charge in [0.15, 0.2) is 5.79 Å². The zero-order chi connectivity index (χ0) is 22.7. The summed E-state index contributed by atoms with van der Waals surface area (Å²) in [6.07, 6.45) is 4.22. The first-order valence-corrected chi connectivity index (χ1v) is 13.1. The molecule has 0 bridgehead atoms. The van der Waals surface area contributed by atoms with Crippen molar-refractivity contribution in [3.05, 3.63) is 35.4 Å². The Morgan fingerprint density at radius 1 is 1.00 bits per heavy atom. The molecule has 4 aliphatic rings. The van der Waals surface area contributed by atoms with Gasteiger partial charge >= 0.3 is 0 Å². The first kappa shape index (κ1) is 22.0. The second kappa shape index (κ2) is 7.90. The molecule has 0 unspecified atom stereocenters. The molecule has 1 saturated heterocycles. The van der Waals surface area contributed by atoms with Gasteiger partial charge in [-0.05, 0) is 45.2 Å². The molecule has 2 saturated carbocycles. The van der Waals surface area contributed by atoms with E-state index in [9.17, 15) is 18.0 Å². The third-order valence-corrected chi connectivity index (χ3v) is 8.65. The molecule has 2 heterocycles. The Bertz CT molecular complexity index is 998. The molecule has 174 valence electrons. The van der Waals surface area contributed by atoms with Gasteiger partial charge in [0, 0.05) is 12.0 Å². The zero-order valence-corrected chi connectivity index (χ0v) is 19.3.